The zero-order valence-electron chi connectivity index (χ0n) is 19.0. The molecule has 8 heteroatoms. The second-order valence-corrected chi connectivity index (χ2v) is 9.93. The molecule has 1 aliphatic rings. The molecule has 5 rings (SSSR count). The Morgan fingerprint density at radius 2 is 1.46 bits per heavy atom. The number of furan rings is 1. The van der Waals surface area contributed by atoms with Crippen LogP contribution in [-0.2, 0) is 6.42 Å². The summed E-state index contributed by atoms with van der Waals surface area (Å²) in [5.74, 6) is -15.9. The maximum absolute atomic E-state index is 15.4. The van der Waals surface area contributed by atoms with Crippen molar-refractivity contribution in [3.05, 3.63) is 81.9 Å². The van der Waals surface area contributed by atoms with Gasteiger partial charge in [0.25, 0.3) is 0 Å². The molecule has 0 unspecified atom stereocenters. The summed E-state index contributed by atoms with van der Waals surface area (Å²) in [4.78, 5) is 0.763. The Balaban J connectivity index is 1.87. The molecule has 2 aromatic heterocycles. The average Bonchev–Trinajstić information content (AvgIpc) is 3.39. The summed E-state index contributed by atoms with van der Waals surface area (Å²) in [6.45, 7) is 4.95. The van der Waals surface area contributed by atoms with Crippen LogP contribution < -0.4 is 0 Å². The van der Waals surface area contributed by atoms with Gasteiger partial charge in [0.05, 0.1) is 0 Å². The first-order valence-corrected chi connectivity index (χ1v) is 11.8. The lowest BCUT2D eigenvalue weighted by Gasteiger charge is -2.25. The fourth-order valence-electron chi connectivity index (χ4n) is 4.62. The molecule has 0 saturated carbocycles. The van der Waals surface area contributed by atoms with Gasteiger partial charge in [-0.2, -0.15) is 26.3 Å². The number of aryl methyl sites for hydroxylation is 3. The number of fused-ring (bicyclic) bond motifs is 1. The van der Waals surface area contributed by atoms with E-state index in [1.807, 2.05) is 19.1 Å². The van der Waals surface area contributed by atoms with Crippen molar-refractivity contribution in [1.82, 2.24) is 0 Å². The van der Waals surface area contributed by atoms with Gasteiger partial charge in [0.15, 0.2) is 0 Å². The number of thiophene rings is 1. The number of halogens is 6. The van der Waals surface area contributed by atoms with E-state index >= 15 is 17.6 Å². The highest BCUT2D eigenvalue weighted by molar-refractivity contribution is 7.15. The van der Waals surface area contributed by atoms with E-state index in [0.717, 1.165) is 16.9 Å². The van der Waals surface area contributed by atoms with Gasteiger partial charge in [-0.1, -0.05) is 55.0 Å². The van der Waals surface area contributed by atoms with Crippen molar-refractivity contribution >= 4 is 33.5 Å². The highest BCUT2D eigenvalue weighted by Gasteiger charge is 2.80. The Hall–Kier alpha value is -3.00. The standard InChI is InChI=1S/C27H20F6OS/c1-4-19-22(17-7-5-6-8-20(17)34-19)24-23(25(28,29)27(32,33)26(24,30)31)18-13-21(35-15(18)3)16-11-9-14(2)10-12-16/h5-13H,4H2,1-3H3. The van der Waals surface area contributed by atoms with Crippen LogP contribution in [0.3, 0.4) is 0 Å². The van der Waals surface area contributed by atoms with Gasteiger partial charge in [-0.15, -0.1) is 11.3 Å². The summed E-state index contributed by atoms with van der Waals surface area (Å²) in [7, 11) is 0. The molecule has 0 aliphatic heterocycles. The molecule has 0 bridgehead atoms. The predicted octanol–water partition coefficient (Wildman–Crippen LogP) is 9.17. The van der Waals surface area contributed by atoms with Crippen molar-refractivity contribution in [3.8, 4) is 10.4 Å². The lowest BCUT2D eigenvalue weighted by molar-refractivity contribution is -0.254. The molecule has 35 heavy (non-hydrogen) atoms. The lowest BCUT2D eigenvalue weighted by atomic mass is 9.92. The van der Waals surface area contributed by atoms with Crippen molar-refractivity contribution in [3.63, 3.8) is 0 Å². The second kappa shape index (κ2) is 7.75. The van der Waals surface area contributed by atoms with Crippen LogP contribution in [0.2, 0.25) is 0 Å². The fraction of sp³-hybridized carbons (Fsp3) is 0.259. The van der Waals surface area contributed by atoms with Crippen molar-refractivity contribution in [1.29, 1.82) is 0 Å². The number of hydrogen-bond donors (Lipinski definition) is 0. The monoisotopic (exact) mass is 506 g/mol. The van der Waals surface area contributed by atoms with E-state index in [2.05, 4.69) is 0 Å². The van der Waals surface area contributed by atoms with Crippen LogP contribution in [0.25, 0.3) is 32.6 Å². The van der Waals surface area contributed by atoms with Crippen LogP contribution in [0.1, 0.15) is 34.3 Å². The third-order valence-corrected chi connectivity index (χ3v) is 7.53. The molecule has 4 aromatic rings. The molecule has 0 radical (unpaired) electrons. The molecule has 0 fully saturated rings. The quantitative estimate of drug-likeness (QED) is 0.252. The Morgan fingerprint density at radius 3 is 2.11 bits per heavy atom. The number of para-hydroxylation sites is 1. The highest BCUT2D eigenvalue weighted by atomic mass is 32.1. The smallest absolute Gasteiger partial charge is 0.380 e. The molecule has 182 valence electrons. The summed E-state index contributed by atoms with van der Waals surface area (Å²) in [5, 5.41) is 0.0941. The van der Waals surface area contributed by atoms with E-state index in [1.54, 1.807) is 25.1 Å². The van der Waals surface area contributed by atoms with Crippen molar-refractivity contribution < 1.29 is 30.8 Å². The number of rotatable bonds is 4. The molecule has 1 nitrogen and oxygen atoms in total. The van der Waals surface area contributed by atoms with Crippen LogP contribution >= 0.6 is 11.3 Å². The first-order chi connectivity index (χ1) is 16.4. The van der Waals surface area contributed by atoms with E-state index in [9.17, 15) is 8.78 Å². The number of allylic oxidation sites excluding steroid dienone is 2. The molecule has 0 saturated heterocycles. The molecule has 2 heterocycles. The Morgan fingerprint density at radius 1 is 0.829 bits per heavy atom. The topological polar surface area (TPSA) is 13.1 Å². The van der Waals surface area contributed by atoms with Gasteiger partial charge in [0.1, 0.15) is 11.3 Å². The van der Waals surface area contributed by atoms with E-state index < -0.39 is 28.9 Å². The highest BCUT2D eigenvalue weighted by Crippen LogP contribution is 2.66. The van der Waals surface area contributed by atoms with E-state index in [-0.39, 0.29) is 39.2 Å². The summed E-state index contributed by atoms with van der Waals surface area (Å²) < 4.78 is 96.9. The van der Waals surface area contributed by atoms with E-state index in [0.29, 0.717) is 10.4 Å². The Kier molecular flexibility index (Phi) is 5.25. The summed E-state index contributed by atoms with van der Waals surface area (Å²) in [6, 6.07) is 14.5. The SMILES string of the molecule is CCc1oc2ccccc2c1C1=C(c2cc(-c3ccc(C)cc3)sc2C)C(F)(F)C(F)(F)C1(F)F. The molecule has 0 amide bonds. The van der Waals surface area contributed by atoms with Gasteiger partial charge in [0.2, 0.25) is 0 Å². The Labute approximate surface area is 201 Å². The third kappa shape index (κ3) is 3.22. The first kappa shape index (κ1) is 23.7. The largest absolute Gasteiger partial charge is 0.460 e. The van der Waals surface area contributed by atoms with Crippen molar-refractivity contribution in [2.24, 2.45) is 0 Å². The zero-order chi connectivity index (χ0) is 25.3. The van der Waals surface area contributed by atoms with Crippen LogP contribution in [0.5, 0.6) is 0 Å². The minimum absolute atomic E-state index is 0.0430. The molecule has 0 atom stereocenters. The van der Waals surface area contributed by atoms with Gasteiger partial charge in [-0.25, -0.2) is 0 Å². The first-order valence-electron chi connectivity index (χ1n) is 11.0. The maximum atomic E-state index is 15.4. The van der Waals surface area contributed by atoms with Gasteiger partial charge in [-0.05, 0) is 37.1 Å². The number of alkyl halides is 6. The average molecular weight is 507 g/mol. The summed E-state index contributed by atoms with van der Waals surface area (Å²) in [5.41, 5.74) is -1.58. The molecule has 1 aliphatic carbocycles. The molecule has 2 aromatic carbocycles. The number of hydrogen-bond acceptors (Lipinski definition) is 2. The fourth-order valence-corrected chi connectivity index (χ4v) is 5.65. The Bertz CT molecular complexity index is 1470. The van der Waals surface area contributed by atoms with Gasteiger partial charge in [0, 0.05) is 38.3 Å². The predicted molar refractivity (Wildman–Crippen MR) is 126 cm³/mol. The van der Waals surface area contributed by atoms with Crippen LogP contribution in [-0.4, -0.2) is 17.8 Å². The van der Waals surface area contributed by atoms with E-state index in [1.165, 1.54) is 31.2 Å². The maximum Gasteiger partial charge on any atom is 0.380 e. The van der Waals surface area contributed by atoms with Gasteiger partial charge < -0.3 is 4.42 Å². The lowest BCUT2D eigenvalue weighted by Crippen LogP contribution is -2.48. The van der Waals surface area contributed by atoms with E-state index in [4.69, 9.17) is 4.42 Å². The molecule has 0 spiro atoms. The summed E-state index contributed by atoms with van der Waals surface area (Å²) >= 11 is 1.09. The van der Waals surface area contributed by atoms with Crippen LogP contribution in [0, 0.1) is 13.8 Å². The minimum atomic E-state index is -5.62. The third-order valence-electron chi connectivity index (χ3n) is 6.43. The van der Waals surface area contributed by atoms with Gasteiger partial charge >= 0.3 is 17.8 Å². The van der Waals surface area contributed by atoms with Crippen LogP contribution in [0.4, 0.5) is 26.3 Å². The van der Waals surface area contributed by atoms with Gasteiger partial charge in [-0.3, -0.25) is 0 Å². The second-order valence-electron chi connectivity index (χ2n) is 8.67. The van der Waals surface area contributed by atoms with Crippen molar-refractivity contribution in [2.45, 2.75) is 45.0 Å². The molecule has 0 N–H and O–H groups in total. The molecular formula is C27H20F6OS. The zero-order valence-corrected chi connectivity index (χ0v) is 19.8. The van der Waals surface area contributed by atoms with Crippen LogP contribution in [0.15, 0.2) is 59.0 Å². The summed E-state index contributed by atoms with van der Waals surface area (Å²) in [6.07, 6.45) is 0.0608. The minimum Gasteiger partial charge on any atom is -0.460 e. The number of benzene rings is 2. The van der Waals surface area contributed by atoms with Crippen molar-refractivity contribution in [2.75, 3.05) is 0 Å². The normalized spacial score (nSPS) is 18.5. The molecular weight excluding hydrogens is 486 g/mol.